The fraction of sp³-hybridized carbons (Fsp3) is 0.182. The summed E-state index contributed by atoms with van der Waals surface area (Å²) in [7, 11) is 0. The van der Waals surface area contributed by atoms with E-state index in [9.17, 15) is 18.0 Å². The van der Waals surface area contributed by atoms with Crippen molar-refractivity contribution in [1.29, 1.82) is 0 Å². The second-order valence-corrected chi connectivity index (χ2v) is 4.78. The highest BCUT2D eigenvalue weighted by molar-refractivity contribution is 14.1. The van der Waals surface area contributed by atoms with Gasteiger partial charge in [0, 0.05) is 14.5 Å². The summed E-state index contributed by atoms with van der Waals surface area (Å²) in [5.74, 6) is 0. The van der Waals surface area contributed by atoms with Gasteiger partial charge in [-0.1, -0.05) is 6.07 Å². The lowest BCUT2D eigenvalue weighted by Gasteiger charge is -2.12. The molecule has 0 unspecified atom stereocenters. The molecule has 2 rings (SSSR count). The average molecular weight is 353 g/mol. The number of hydrogen-bond donors (Lipinski definition) is 1. The molecular formula is C11H7F3INO. The van der Waals surface area contributed by atoms with Crippen LogP contribution in [0.15, 0.2) is 23.0 Å². The fourth-order valence-electron chi connectivity index (χ4n) is 1.66. The van der Waals surface area contributed by atoms with Crippen LogP contribution in [0.25, 0.3) is 10.9 Å². The molecular weight excluding hydrogens is 346 g/mol. The Morgan fingerprint density at radius 2 is 1.94 bits per heavy atom. The predicted octanol–water partition coefficient (Wildman–Crippen LogP) is 3.46. The number of aromatic amines is 1. The standard InChI is InChI=1S/C11H7F3INO/c1-5-9(17)6-3-2-4-7(15)8(6)16-10(5)11(12,13)14/h2-4H,1H3,(H,16,17). The molecule has 0 bridgehead atoms. The third kappa shape index (κ3) is 2.05. The molecule has 2 aromatic rings. The van der Waals surface area contributed by atoms with Gasteiger partial charge >= 0.3 is 6.18 Å². The maximum atomic E-state index is 12.7. The van der Waals surface area contributed by atoms with Crippen LogP contribution >= 0.6 is 22.6 Å². The van der Waals surface area contributed by atoms with E-state index < -0.39 is 17.3 Å². The molecule has 17 heavy (non-hydrogen) atoms. The highest BCUT2D eigenvalue weighted by Gasteiger charge is 2.35. The van der Waals surface area contributed by atoms with Gasteiger partial charge in [0.2, 0.25) is 0 Å². The summed E-state index contributed by atoms with van der Waals surface area (Å²) in [6.07, 6.45) is -4.55. The maximum Gasteiger partial charge on any atom is 0.431 e. The van der Waals surface area contributed by atoms with Crippen molar-refractivity contribution in [3.8, 4) is 0 Å². The molecule has 6 heteroatoms. The third-order valence-electron chi connectivity index (χ3n) is 2.51. The molecule has 90 valence electrons. The van der Waals surface area contributed by atoms with Gasteiger partial charge in [0.1, 0.15) is 5.69 Å². The van der Waals surface area contributed by atoms with Crippen molar-refractivity contribution >= 4 is 33.5 Å². The molecule has 0 atom stereocenters. The quantitative estimate of drug-likeness (QED) is 0.723. The SMILES string of the molecule is Cc1c(C(F)(F)F)[nH]c2c(I)cccc2c1=O. The van der Waals surface area contributed by atoms with Gasteiger partial charge in [-0.25, -0.2) is 0 Å². The van der Waals surface area contributed by atoms with Crippen molar-refractivity contribution in [3.05, 3.63) is 43.2 Å². The van der Waals surface area contributed by atoms with Gasteiger partial charge in [0.05, 0.1) is 5.52 Å². The highest BCUT2D eigenvalue weighted by atomic mass is 127. The second kappa shape index (κ2) is 4.01. The van der Waals surface area contributed by atoms with Crippen LogP contribution < -0.4 is 5.43 Å². The van der Waals surface area contributed by atoms with E-state index in [1.807, 2.05) is 22.6 Å². The first-order valence-electron chi connectivity index (χ1n) is 4.70. The van der Waals surface area contributed by atoms with E-state index in [1.165, 1.54) is 13.0 Å². The van der Waals surface area contributed by atoms with Gasteiger partial charge in [-0.05, 0) is 41.6 Å². The molecule has 0 aliphatic rings. The number of alkyl halides is 3. The van der Waals surface area contributed by atoms with E-state index in [2.05, 4.69) is 4.98 Å². The summed E-state index contributed by atoms with van der Waals surface area (Å²) in [4.78, 5) is 14.1. The van der Waals surface area contributed by atoms with Crippen molar-refractivity contribution in [2.75, 3.05) is 0 Å². The number of nitrogens with one attached hydrogen (secondary N) is 1. The number of benzene rings is 1. The Hall–Kier alpha value is -1.05. The zero-order chi connectivity index (χ0) is 12.8. The van der Waals surface area contributed by atoms with Gasteiger partial charge in [-0.15, -0.1) is 0 Å². The van der Waals surface area contributed by atoms with E-state index in [1.54, 1.807) is 12.1 Å². The Bertz CT molecular complexity index is 645. The van der Waals surface area contributed by atoms with Crippen molar-refractivity contribution in [2.24, 2.45) is 0 Å². The molecule has 1 aromatic carbocycles. The van der Waals surface area contributed by atoms with E-state index >= 15 is 0 Å². The third-order valence-corrected chi connectivity index (χ3v) is 3.41. The molecule has 0 spiro atoms. The number of hydrogen-bond acceptors (Lipinski definition) is 1. The Morgan fingerprint density at radius 1 is 1.29 bits per heavy atom. The molecule has 2 nitrogen and oxygen atoms in total. The summed E-state index contributed by atoms with van der Waals surface area (Å²) in [6, 6.07) is 4.81. The smallest absolute Gasteiger partial charge is 0.350 e. The Labute approximate surface area is 108 Å². The van der Waals surface area contributed by atoms with Gasteiger partial charge in [-0.2, -0.15) is 13.2 Å². The lowest BCUT2D eigenvalue weighted by atomic mass is 10.1. The number of pyridine rings is 1. The van der Waals surface area contributed by atoms with Crippen molar-refractivity contribution in [1.82, 2.24) is 4.98 Å². The molecule has 0 aliphatic carbocycles. The summed E-state index contributed by atoms with van der Waals surface area (Å²) < 4.78 is 38.7. The summed E-state index contributed by atoms with van der Waals surface area (Å²) in [5.41, 5.74) is -1.62. The number of H-pyrrole nitrogens is 1. The minimum Gasteiger partial charge on any atom is -0.350 e. The van der Waals surface area contributed by atoms with Crippen LogP contribution in [0.4, 0.5) is 13.2 Å². The zero-order valence-corrected chi connectivity index (χ0v) is 10.8. The highest BCUT2D eigenvalue weighted by Crippen LogP contribution is 2.30. The lowest BCUT2D eigenvalue weighted by molar-refractivity contribution is -0.141. The number of aromatic nitrogens is 1. The molecule has 1 N–H and O–H groups in total. The van der Waals surface area contributed by atoms with E-state index in [4.69, 9.17) is 0 Å². The molecule has 0 amide bonds. The minimum absolute atomic E-state index is 0.232. The zero-order valence-electron chi connectivity index (χ0n) is 8.65. The van der Waals surface area contributed by atoms with Crippen molar-refractivity contribution in [2.45, 2.75) is 13.1 Å². The number of rotatable bonds is 0. The van der Waals surface area contributed by atoms with Crippen molar-refractivity contribution in [3.63, 3.8) is 0 Å². The second-order valence-electron chi connectivity index (χ2n) is 3.61. The predicted molar refractivity (Wildman–Crippen MR) is 67.0 cm³/mol. The summed E-state index contributed by atoms with van der Waals surface area (Å²) in [5, 5.41) is 0.280. The maximum absolute atomic E-state index is 12.7. The average Bonchev–Trinajstić information content (AvgIpc) is 2.22. The molecule has 1 heterocycles. The van der Waals surface area contributed by atoms with Crippen LogP contribution in [-0.2, 0) is 6.18 Å². The van der Waals surface area contributed by atoms with Gasteiger partial charge in [0.25, 0.3) is 0 Å². The van der Waals surface area contributed by atoms with Gasteiger partial charge < -0.3 is 4.98 Å². The van der Waals surface area contributed by atoms with E-state index in [-0.39, 0.29) is 16.5 Å². The Balaban J connectivity index is 2.96. The van der Waals surface area contributed by atoms with Gasteiger partial charge in [0.15, 0.2) is 5.43 Å². The summed E-state index contributed by atoms with van der Waals surface area (Å²) in [6.45, 7) is 1.18. The lowest BCUT2D eigenvalue weighted by Crippen LogP contribution is -2.19. The van der Waals surface area contributed by atoms with Crippen molar-refractivity contribution < 1.29 is 13.2 Å². The van der Waals surface area contributed by atoms with Crippen LogP contribution in [-0.4, -0.2) is 4.98 Å². The summed E-state index contributed by atoms with van der Waals surface area (Å²) >= 11 is 1.89. The molecule has 1 aromatic heterocycles. The van der Waals surface area contributed by atoms with Crippen LogP contribution in [0.3, 0.4) is 0 Å². The number of para-hydroxylation sites is 1. The molecule has 0 saturated carbocycles. The van der Waals surface area contributed by atoms with Crippen LogP contribution in [0.1, 0.15) is 11.3 Å². The van der Waals surface area contributed by atoms with Crippen LogP contribution in [0.5, 0.6) is 0 Å². The van der Waals surface area contributed by atoms with Gasteiger partial charge in [-0.3, -0.25) is 4.79 Å². The Kier molecular flexibility index (Phi) is 2.92. The normalized spacial score (nSPS) is 12.1. The largest absolute Gasteiger partial charge is 0.431 e. The first-order chi connectivity index (χ1) is 7.82. The monoisotopic (exact) mass is 353 g/mol. The molecule has 0 fully saturated rings. The number of halogens is 4. The Morgan fingerprint density at radius 3 is 2.53 bits per heavy atom. The van der Waals surface area contributed by atoms with Crippen LogP contribution in [0.2, 0.25) is 0 Å². The first kappa shape index (κ1) is 12.4. The topological polar surface area (TPSA) is 32.9 Å². The molecule has 0 saturated heterocycles. The minimum atomic E-state index is -4.55. The van der Waals surface area contributed by atoms with E-state index in [0.29, 0.717) is 3.57 Å². The molecule has 0 radical (unpaired) electrons. The first-order valence-corrected chi connectivity index (χ1v) is 5.78. The van der Waals surface area contributed by atoms with E-state index in [0.717, 1.165) is 0 Å². The van der Waals surface area contributed by atoms with Crippen LogP contribution in [0, 0.1) is 10.5 Å². The number of fused-ring (bicyclic) bond motifs is 1. The fourth-order valence-corrected chi connectivity index (χ4v) is 2.29. The molecule has 0 aliphatic heterocycles.